The number of pyridine rings is 1. The maximum Gasteiger partial charge on any atom is 0.303 e. The summed E-state index contributed by atoms with van der Waals surface area (Å²) in [6.07, 6.45) is 17.1. The van der Waals surface area contributed by atoms with Crippen LogP contribution in [0.2, 0.25) is 0 Å². The number of fused-ring (bicyclic) bond motifs is 1. The van der Waals surface area contributed by atoms with Crippen molar-refractivity contribution < 1.29 is 13.2 Å². The van der Waals surface area contributed by atoms with Crippen molar-refractivity contribution in [2.24, 2.45) is 22.7 Å². The lowest BCUT2D eigenvalue weighted by Crippen LogP contribution is -2.53. The molecule has 2 aromatic heterocycles. The lowest BCUT2D eigenvalue weighted by molar-refractivity contribution is -0.128. The third-order valence-electron chi connectivity index (χ3n) is 9.80. The Bertz CT molecular complexity index is 1250. The maximum absolute atomic E-state index is 12.8. The quantitative estimate of drug-likeness (QED) is 0.502. The van der Waals surface area contributed by atoms with Crippen LogP contribution < -0.4 is 9.46 Å². The van der Waals surface area contributed by atoms with Crippen LogP contribution in [0.4, 0.5) is 5.95 Å². The van der Waals surface area contributed by atoms with Crippen molar-refractivity contribution in [1.82, 2.24) is 18.9 Å². The van der Waals surface area contributed by atoms with Crippen LogP contribution in [0.25, 0.3) is 5.65 Å². The third-order valence-corrected chi connectivity index (χ3v) is 11.3. The Morgan fingerprint density at radius 3 is 2.50 bits per heavy atom. The number of rotatable bonds is 9. The standard InChI is InChI=1S/C27H39N5O3S/c1-2-7-26-12-19-10-20(13-26)15-27(14-19,17-26)18-35-23-11-24-28-29-25(32(24)16-22(23)21-5-6-21)30-36(33,34)31-8-3-4-9-31/h11,16,19-21H,2-10,12-15,17-18H2,1H3,(H,29,30). The van der Waals surface area contributed by atoms with Crippen LogP contribution in [0.15, 0.2) is 12.3 Å². The van der Waals surface area contributed by atoms with Gasteiger partial charge in [-0.25, -0.2) is 4.72 Å². The van der Waals surface area contributed by atoms with E-state index in [1.165, 1.54) is 55.7 Å². The second-order valence-corrected chi connectivity index (χ2v) is 14.5. The van der Waals surface area contributed by atoms with Gasteiger partial charge in [0.05, 0.1) is 6.61 Å². The zero-order valence-corrected chi connectivity index (χ0v) is 22.2. The highest BCUT2D eigenvalue weighted by Gasteiger charge is 2.57. The summed E-state index contributed by atoms with van der Waals surface area (Å²) in [5, 5.41) is 8.51. The van der Waals surface area contributed by atoms with Gasteiger partial charge in [-0.05, 0) is 93.8 Å². The second kappa shape index (κ2) is 8.32. The third kappa shape index (κ3) is 4.01. The summed E-state index contributed by atoms with van der Waals surface area (Å²) in [4.78, 5) is 0. The van der Waals surface area contributed by atoms with Gasteiger partial charge in [0.15, 0.2) is 5.65 Å². The van der Waals surface area contributed by atoms with Crippen molar-refractivity contribution in [1.29, 1.82) is 0 Å². The predicted octanol–water partition coefficient (Wildman–Crippen LogP) is 5.12. The van der Waals surface area contributed by atoms with E-state index in [1.54, 1.807) is 4.40 Å². The number of hydrogen-bond acceptors (Lipinski definition) is 5. The Kier molecular flexibility index (Phi) is 5.37. The topological polar surface area (TPSA) is 88.8 Å². The summed E-state index contributed by atoms with van der Waals surface area (Å²) in [7, 11) is -3.62. The first-order valence-corrected chi connectivity index (χ1v) is 15.6. The van der Waals surface area contributed by atoms with Crippen molar-refractivity contribution in [2.75, 3.05) is 24.4 Å². The van der Waals surface area contributed by atoms with Gasteiger partial charge < -0.3 is 4.74 Å². The van der Waals surface area contributed by atoms with Crippen molar-refractivity contribution in [3.05, 3.63) is 17.8 Å². The van der Waals surface area contributed by atoms with E-state index in [4.69, 9.17) is 4.74 Å². The molecule has 6 aliphatic rings. The zero-order chi connectivity index (χ0) is 24.5. The van der Waals surface area contributed by atoms with Crippen molar-refractivity contribution in [3.8, 4) is 5.75 Å². The van der Waals surface area contributed by atoms with Crippen LogP contribution >= 0.6 is 0 Å². The molecule has 9 heteroatoms. The second-order valence-electron chi connectivity index (χ2n) is 12.8. The Morgan fingerprint density at radius 1 is 1.08 bits per heavy atom. The molecule has 5 aliphatic carbocycles. The SMILES string of the molecule is CCCC12CC3CC(C1)CC(COc1cc4nnc(NS(=O)(=O)N5CCCC5)n4cc1C1CC1)(C3)C2. The highest BCUT2D eigenvalue weighted by Crippen LogP contribution is 2.66. The number of nitrogens with zero attached hydrogens (tertiary/aromatic N) is 4. The lowest BCUT2D eigenvalue weighted by Gasteiger charge is -2.62. The highest BCUT2D eigenvalue weighted by molar-refractivity contribution is 7.90. The fourth-order valence-corrected chi connectivity index (χ4v) is 10.0. The molecule has 1 aliphatic heterocycles. The molecule has 2 unspecified atom stereocenters. The van der Waals surface area contributed by atoms with Gasteiger partial charge in [0, 0.05) is 36.3 Å². The van der Waals surface area contributed by atoms with E-state index in [0.29, 0.717) is 35.5 Å². The van der Waals surface area contributed by atoms with Gasteiger partial charge in [-0.15, -0.1) is 10.2 Å². The molecule has 196 valence electrons. The summed E-state index contributed by atoms with van der Waals surface area (Å²) in [6, 6.07) is 1.98. The van der Waals surface area contributed by atoms with Gasteiger partial charge in [-0.1, -0.05) is 13.3 Å². The van der Waals surface area contributed by atoms with E-state index < -0.39 is 10.2 Å². The average molecular weight is 514 g/mol. The lowest BCUT2D eigenvalue weighted by atomic mass is 9.43. The van der Waals surface area contributed by atoms with E-state index in [0.717, 1.165) is 55.4 Å². The highest BCUT2D eigenvalue weighted by atomic mass is 32.2. The Hall–Kier alpha value is -1.87. The molecule has 4 bridgehead atoms. The van der Waals surface area contributed by atoms with Gasteiger partial charge in [-0.2, -0.15) is 12.7 Å². The molecule has 36 heavy (non-hydrogen) atoms. The van der Waals surface area contributed by atoms with Crippen molar-refractivity contribution in [2.45, 2.75) is 89.9 Å². The Labute approximate surface area is 214 Å². The molecule has 6 fully saturated rings. The molecular weight excluding hydrogens is 474 g/mol. The summed E-state index contributed by atoms with van der Waals surface area (Å²) < 4.78 is 38.3. The van der Waals surface area contributed by atoms with Crippen molar-refractivity contribution >= 4 is 21.8 Å². The zero-order valence-electron chi connectivity index (χ0n) is 21.4. The number of hydrogen-bond donors (Lipinski definition) is 1. The first kappa shape index (κ1) is 23.3. The van der Waals surface area contributed by atoms with Gasteiger partial charge in [-0.3, -0.25) is 4.40 Å². The molecule has 1 saturated heterocycles. The maximum atomic E-state index is 12.8. The van der Waals surface area contributed by atoms with E-state index in [9.17, 15) is 8.42 Å². The number of nitrogens with one attached hydrogen (secondary N) is 1. The molecule has 8 nitrogen and oxygen atoms in total. The van der Waals surface area contributed by atoms with E-state index in [2.05, 4.69) is 21.8 Å². The number of anilines is 1. The minimum atomic E-state index is -3.62. The van der Waals surface area contributed by atoms with Crippen LogP contribution in [0.5, 0.6) is 5.75 Å². The predicted molar refractivity (Wildman–Crippen MR) is 138 cm³/mol. The first-order valence-electron chi connectivity index (χ1n) is 14.2. The molecule has 8 rings (SSSR count). The van der Waals surface area contributed by atoms with Gasteiger partial charge in [0.2, 0.25) is 5.95 Å². The van der Waals surface area contributed by atoms with E-state index >= 15 is 0 Å². The molecular formula is C27H39N5O3S. The molecule has 1 N–H and O–H groups in total. The minimum Gasteiger partial charge on any atom is -0.493 e. The Morgan fingerprint density at radius 2 is 1.81 bits per heavy atom. The van der Waals surface area contributed by atoms with Crippen LogP contribution in [-0.4, -0.2) is 47.0 Å². The van der Waals surface area contributed by atoms with Gasteiger partial charge >= 0.3 is 10.2 Å². The molecule has 0 radical (unpaired) electrons. The number of ether oxygens (including phenoxy) is 1. The minimum absolute atomic E-state index is 0.257. The normalized spacial score (nSPS) is 34.0. The summed E-state index contributed by atoms with van der Waals surface area (Å²) in [5.41, 5.74) is 2.66. The molecule has 2 atom stereocenters. The Balaban J connectivity index is 1.15. The number of aromatic nitrogens is 3. The fraction of sp³-hybridized carbons (Fsp3) is 0.778. The van der Waals surface area contributed by atoms with Gasteiger partial charge in [0.25, 0.3) is 0 Å². The summed E-state index contributed by atoms with van der Waals surface area (Å²) >= 11 is 0. The van der Waals surface area contributed by atoms with Crippen LogP contribution in [-0.2, 0) is 10.2 Å². The molecule has 0 spiro atoms. The molecule has 5 saturated carbocycles. The van der Waals surface area contributed by atoms with E-state index in [-0.39, 0.29) is 5.95 Å². The van der Waals surface area contributed by atoms with Crippen LogP contribution in [0.1, 0.15) is 95.5 Å². The molecule has 0 amide bonds. The smallest absolute Gasteiger partial charge is 0.303 e. The van der Waals surface area contributed by atoms with Crippen molar-refractivity contribution in [3.63, 3.8) is 0 Å². The summed E-state index contributed by atoms with van der Waals surface area (Å²) in [6.45, 7) is 4.25. The van der Waals surface area contributed by atoms with Gasteiger partial charge in [0.1, 0.15) is 5.75 Å². The monoisotopic (exact) mass is 513 g/mol. The summed E-state index contributed by atoms with van der Waals surface area (Å²) in [5.74, 6) is 3.42. The largest absolute Gasteiger partial charge is 0.493 e. The molecule has 2 aromatic rings. The van der Waals surface area contributed by atoms with Crippen LogP contribution in [0, 0.1) is 22.7 Å². The average Bonchev–Trinajstić information content (AvgIpc) is 3.35. The molecule has 3 heterocycles. The van der Waals surface area contributed by atoms with E-state index in [1.807, 2.05) is 12.3 Å². The van der Waals surface area contributed by atoms with Crippen LogP contribution in [0.3, 0.4) is 0 Å². The first-order chi connectivity index (χ1) is 17.4. The fourth-order valence-electron chi connectivity index (χ4n) is 8.81. The molecule has 0 aromatic carbocycles.